The molecule has 0 aromatic rings. The Kier molecular flexibility index (Phi) is 1.15. The Bertz CT molecular complexity index is 195. The quantitative estimate of drug-likeness (QED) is 0.613. The van der Waals surface area contributed by atoms with E-state index in [1.807, 2.05) is 0 Å². The van der Waals surface area contributed by atoms with Crippen LogP contribution in [0.15, 0.2) is 0 Å². The molecule has 0 aromatic carbocycles. The lowest BCUT2D eigenvalue weighted by molar-refractivity contribution is 0.0130. The van der Waals surface area contributed by atoms with Gasteiger partial charge in [-0.25, -0.2) is 0 Å². The molecule has 0 saturated heterocycles. The van der Waals surface area contributed by atoms with Crippen molar-refractivity contribution in [2.24, 2.45) is 22.7 Å². The van der Waals surface area contributed by atoms with Crippen LogP contribution in [0.2, 0.25) is 0 Å². The summed E-state index contributed by atoms with van der Waals surface area (Å²) >= 11 is 0. The van der Waals surface area contributed by atoms with Gasteiger partial charge in [0.25, 0.3) is 0 Å². The minimum Gasteiger partial charge on any atom is -0.392 e. The Labute approximate surface area is 68.8 Å². The maximum Gasteiger partial charge on any atom is 0.0667 e. The standard InChI is InChI=1S/C10H18O/c1-5-10-7(3)6(2)9(10,4)8(10)11/h6-8,11H,5H2,1-4H3. The van der Waals surface area contributed by atoms with Crippen LogP contribution in [-0.2, 0) is 0 Å². The van der Waals surface area contributed by atoms with Crippen molar-refractivity contribution in [3.05, 3.63) is 0 Å². The molecule has 0 spiro atoms. The van der Waals surface area contributed by atoms with Gasteiger partial charge in [0.15, 0.2) is 0 Å². The molecule has 11 heavy (non-hydrogen) atoms. The normalized spacial score (nSPS) is 66.8. The molecule has 2 saturated carbocycles. The van der Waals surface area contributed by atoms with Crippen LogP contribution >= 0.6 is 0 Å². The summed E-state index contributed by atoms with van der Waals surface area (Å²) in [6.45, 7) is 9.00. The van der Waals surface area contributed by atoms with E-state index in [4.69, 9.17) is 0 Å². The van der Waals surface area contributed by atoms with Crippen LogP contribution in [-0.4, -0.2) is 11.2 Å². The highest BCUT2D eigenvalue weighted by atomic mass is 16.3. The highest BCUT2D eigenvalue weighted by molar-refractivity contribution is 5.32. The summed E-state index contributed by atoms with van der Waals surface area (Å²) in [4.78, 5) is 0. The molecule has 1 heteroatoms. The van der Waals surface area contributed by atoms with Crippen molar-refractivity contribution in [1.82, 2.24) is 0 Å². The highest BCUT2D eigenvalue weighted by Crippen LogP contribution is 2.83. The first-order chi connectivity index (χ1) is 5.03. The largest absolute Gasteiger partial charge is 0.392 e. The van der Waals surface area contributed by atoms with Crippen molar-refractivity contribution in [2.75, 3.05) is 0 Å². The third-order valence-corrected chi connectivity index (χ3v) is 5.07. The zero-order valence-electron chi connectivity index (χ0n) is 7.89. The minimum absolute atomic E-state index is 0.00926. The third-order valence-electron chi connectivity index (χ3n) is 5.07. The molecule has 0 amide bonds. The second-order valence-corrected chi connectivity index (χ2v) is 4.66. The number of hydrogen-bond donors (Lipinski definition) is 1. The Morgan fingerprint density at radius 1 is 1.27 bits per heavy atom. The monoisotopic (exact) mass is 154 g/mol. The summed E-state index contributed by atoms with van der Waals surface area (Å²) in [6, 6.07) is 0. The van der Waals surface area contributed by atoms with Gasteiger partial charge in [-0.05, 0) is 18.3 Å². The van der Waals surface area contributed by atoms with E-state index in [2.05, 4.69) is 27.7 Å². The van der Waals surface area contributed by atoms with Crippen molar-refractivity contribution in [2.45, 2.75) is 40.2 Å². The van der Waals surface area contributed by atoms with Crippen LogP contribution < -0.4 is 0 Å². The number of fused-ring (bicyclic) bond motifs is 1. The van der Waals surface area contributed by atoms with Gasteiger partial charge in [0.05, 0.1) is 6.10 Å². The van der Waals surface area contributed by atoms with Gasteiger partial charge in [0.1, 0.15) is 0 Å². The molecule has 1 nitrogen and oxygen atoms in total. The first-order valence-electron chi connectivity index (χ1n) is 4.71. The van der Waals surface area contributed by atoms with Crippen molar-refractivity contribution in [1.29, 1.82) is 0 Å². The zero-order valence-corrected chi connectivity index (χ0v) is 7.89. The summed E-state index contributed by atoms with van der Waals surface area (Å²) in [5.41, 5.74) is 0.591. The van der Waals surface area contributed by atoms with E-state index in [0.717, 1.165) is 18.3 Å². The first-order valence-corrected chi connectivity index (χ1v) is 4.71. The first kappa shape index (κ1) is 7.60. The number of rotatable bonds is 1. The Hall–Kier alpha value is -0.0400. The van der Waals surface area contributed by atoms with E-state index in [0.29, 0.717) is 5.41 Å². The fourth-order valence-corrected chi connectivity index (χ4v) is 3.90. The zero-order chi connectivity index (χ0) is 8.44. The van der Waals surface area contributed by atoms with E-state index in [1.165, 1.54) is 0 Å². The molecule has 64 valence electrons. The van der Waals surface area contributed by atoms with Gasteiger partial charge < -0.3 is 5.11 Å². The number of aliphatic hydroxyl groups excluding tert-OH is 1. The van der Waals surface area contributed by atoms with Crippen LogP contribution in [0, 0.1) is 22.7 Å². The van der Waals surface area contributed by atoms with Crippen LogP contribution in [0.4, 0.5) is 0 Å². The van der Waals surface area contributed by atoms with Crippen LogP contribution in [0.5, 0.6) is 0 Å². The van der Waals surface area contributed by atoms with Crippen molar-refractivity contribution >= 4 is 0 Å². The molecule has 2 fully saturated rings. The molecule has 0 bridgehead atoms. The summed E-state index contributed by atoms with van der Waals surface area (Å²) in [5, 5.41) is 9.82. The van der Waals surface area contributed by atoms with Gasteiger partial charge in [-0.1, -0.05) is 27.7 Å². The SMILES string of the molecule is CCC12C(C)C(C)C1(C)C2O. The van der Waals surface area contributed by atoms with Crippen LogP contribution in [0.3, 0.4) is 0 Å². The maximum atomic E-state index is 9.82. The van der Waals surface area contributed by atoms with E-state index >= 15 is 0 Å². The fraction of sp³-hybridized carbons (Fsp3) is 1.00. The van der Waals surface area contributed by atoms with Gasteiger partial charge >= 0.3 is 0 Å². The number of hydrogen-bond acceptors (Lipinski definition) is 1. The van der Waals surface area contributed by atoms with Crippen molar-refractivity contribution in [3.8, 4) is 0 Å². The Balaban J connectivity index is 2.29. The van der Waals surface area contributed by atoms with Crippen molar-refractivity contribution < 1.29 is 5.11 Å². The highest BCUT2D eigenvalue weighted by Gasteiger charge is 2.85. The smallest absolute Gasteiger partial charge is 0.0667 e. The summed E-state index contributed by atoms with van der Waals surface area (Å²) in [5.74, 6) is 1.45. The summed E-state index contributed by atoms with van der Waals surface area (Å²) in [6.07, 6.45) is 1.14. The molecule has 0 radical (unpaired) electrons. The van der Waals surface area contributed by atoms with Gasteiger partial charge in [-0.15, -0.1) is 0 Å². The lowest BCUT2D eigenvalue weighted by Crippen LogP contribution is -2.41. The average Bonchev–Trinajstić information content (AvgIpc) is 2.47. The molecule has 0 aromatic heterocycles. The molecule has 2 aliphatic carbocycles. The predicted octanol–water partition coefficient (Wildman–Crippen LogP) is 2.05. The second-order valence-electron chi connectivity index (χ2n) is 4.66. The molecule has 1 N–H and O–H groups in total. The number of aliphatic hydroxyl groups is 1. The van der Waals surface area contributed by atoms with Crippen LogP contribution in [0.1, 0.15) is 34.1 Å². The molecule has 5 unspecified atom stereocenters. The topological polar surface area (TPSA) is 20.2 Å². The second kappa shape index (κ2) is 1.66. The molecule has 5 atom stereocenters. The summed E-state index contributed by atoms with van der Waals surface area (Å²) < 4.78 is 0. The Morgan fingerprint density at radius 2 is 1.82 bits per heavy atom. The van der Waals surface area contributed by atoms with E-state index in [-0.39, 0.29) is 11.5 Å². The predicted molar refractivity (Wildman–Crippen MR) is 45.2 cm³/mol. The van der Waals surface area contributed by atoms with E-state index in [1.54, 1.807) is 0 Å². The maximum absolute atomic E-state index is 9.82. The summed E-state index contributed by atoms with van der Waals surface area (Å²) in [7, 11) is 0. The van der Waals surface area contributed by atoms with Crippen LogP contribution in [0.25, 0.3) is 0 Å². The Morgan fingerprint density at radius 3 is 2.00 bits per heavy atom. The van der Waals surface area contributed by atoms with Gasteiger partial charge in [-0.2, -0.15) is 0 Å². The lowest BCUT2D eigenvalue weighted by Gasteiger charge is -2.45. The molecule has 2 aliphatic rings. The molecular weight excluding hydrogens is 136 g/mol. The van der Waals surface area contributed by atoms with Crippen molar-refractivity contribution in [3.63, 3.8) is 0 Å². The van der Waals surface area contributed by atoms with E-state index < -0.39 is 0 Å². The fourth-order valence-electron chi connectivity index (χ4n) is 3.90. The third kappa shape index (κ3) is 0.438. The molecule has 2 rings (SSSR count). The molecule has 0 aliphatic heterocycles. The minimum atomic E-state index is -0.00926. The van der Waals surface area contributed by atoms with E-state index in [9.17, 15) is 5.11 Å². The average molecular weight is 154 g/mol. The van der Waals surface area contributed by atoms with Gasteiger partial charge in [0, 0.05) is 10.8 Å². The van der Waals surface area contributed by atoms with Gasteiger partial charge in [-0.3, -0.25) is 0 Å². The molecule has 0 heterocycles. The van der Waals surface area contributed by atoms with Gasteiger partial charge in [0.2, 0.25) is 0 Å². The molecular formula is C10H18O. The lowest BCUT2D eigenvalue weighted by atomic mass is 9.58.